The Morgan fingerprint density at radius 3 is 2.62 bits per heavy atom. The van der Waals surface area contributed by atoms with Gasteiger partial charge in [-0.05, 0) is 59.0 Å². The lowest BCUT2D eigenvalue weighted by molar-refractivity contribution is 0.102. The van der Waals surface area contributed by atoms with Crippen molar-refractivity contribution in [2.45, 2.75) is 0 Å². The fourth-order valence-electron chi connectivity index (χ4n) is 1.62. The van der Waals surface area contributed by atoms with Gasteiger partial charge in [0.25, 0.3) is 5.91 Å². The quantitative estimate of drug-likeness (QED) is 0.585. The average Bonchev–Trinajstić information content (AvgIpc) is 2.46. The molecular weight excluding hydrogens is 399 g/mol. The maximum Gasteiger partial charge on any atom is 0.255 e. The number of carbonyl (C=O) groups excluding carboxylic acids is 1. The van der Waals surface area contributed by atoms with Gasteiger partial charge in [0, 0.05) is 20.9 Å². The Labute approximate surface area is 141 Å². The third-order valence-electron chi connectivity index (χ3n) is 2.58. The number of ether oxygens (including phenoxy) is 1. The number of carbonyl (C=O) groups is 1. The van der Waals surface area contributed by atoms with Crippen LogP contribution in [0.5, 0.6) is 5.75 Å². The van der Waals surface area contributed by atoms with Gasteiger partial charge in [-0.2, -0.15) is 0 Å². The molecule has 0 aliphatic heterocycles. The van der Waals surface area contributed by atoms with Crippen molar-refractivity contribution in [2.24, 2.45) is 5.73 Å². The van der Waals surface area contributed by atoms with E-state index in [9.17, 15) is 4.79 Å². The zero-order valence-electron chi connectivity index (χ0n) is 11.0. The second-order valence-electron chi connectivity index (χ2n) is 4.24. The minimum atomic E-state index is -0.169. The Kier molecular flexibility index (Phi) is 5.51. The molecule has 21 heavy (non-hydrogen) atoms. The van der Waals surface area contributed by atoms with Gasteiger partial charge in [0.05, 0.1) is 0 Å². The number of nitrogens with two attached hydrogens (primary N) is 1. The Balaban J connectivity index is 2.05. The van der Waals surface area contributed by atoms with Crippen molar-refractivity contribution in [1.82, 2.24) is 0 Å². The molecule has 108 valence electrons. The molecule has 6 heteroatoms. The number of benzene rings is 2. The summed E-state index contributed by atoms with van der Waals surface area (Å²) >= 11 is 6.95. The molecule has 0 saturated heterocycles. The molecule has 1 amide bonds. The predicted octanol–water partition coefficient (Wildman–Crippen LogP) is 3.21. The second kappa shape index (κ2) is 7.37. The van der Waals surface area contributed by atoms with Gasteiger partial charge in [-0.1, -0.05) is 18.3 Å². The van der Waals surface area contributed by atoms with Gasteiger partial charge in [-0.15, -0.1) is 0 Å². The SMILES string of the molecule is NC(=S)COc1cccc(NC(=O)c2ccc(I)cc2)c1. The second-order valence-corrected chi connectivity index (χ2v) is 6.01. The van der Waals surface area contributed by atoms with Crippen molar-refractivity contribution < 1.29 is 9.53 Å². The molecule has 2 rings (SSSR count). The summed E-state index contributed by atoms with van der Waals surface area (Å²) in [6, 6.07) is 14.4. The first kappa shape index (κ1) is 15.7. The van der Waals surface area contributed by atoms with E-state index < -0.39 is 0 Å². The van der Waals surface area contributed by atoms with Gasteiger partial charge >= 0.3 is 0 Å². The number of rotatable bonds is 5. The number of halogens is 1. The molecule has 0 aromatic heterocycles. The number of hydrogen-bond acceptors (Lipinski definition) is 3. The number of amides is 1. The molecule has 0 radical (unpaired) electrons. The first-order chi connectivity index (χ1) is 10.0. The molecule has 0 heterocycles. The lowest BCUT2D eigenvalue weighted by atomic mass is 10.2. The van der Waals surface area contributed by atoms with Crippen molar-refractivity contribution in [3.8, 4) is 5.75 Å². The first-order valence-electron chi connectivity index (χ1n) is 6.12. The maximum atomic E-state index is 12.1. The molecule has 0 aliphatic carbocycles. The number of nitrogens with one attached hydrogen (secondary N) is 1. The van der Waals surface area contributed by atoms with Gasteiger partial charge in [0.2, 0.25) is 0 Å². The van der Waals surface area contributed by atoms with Crippen LogP contribution in [0.25, 0.3) is 0 Å². The molecule has 3 N–H and O–H groups in total. The Morgan fingerprint density at radius 2 is 1.95 bits per heavy atom. The summed E-state index contributed by atoms with van der Waals surface area (Å²) in [5.74, 6) is 0.432. The van der Waals surface area contributed by atoms with E-state index in [0.717, 1.165) is 3.57 Å². The van der Waals surface area contributed by atoms with Crippen LogP contribution in [0.3, 0.4) is 0 Å². The standard InChI is InChI=1S/C15H13IN2O2S/c16-11-6-4-10(5-7-11)15(19)18-12-2-1-3-13(8-12)20-9-14(17)21/h1-8H,9H2,(H2,17,21)(H,18,19). The largest absolute Gasteiger partial charge is 0.486 e. The van der Waals surface area contributed by atoms with Gasteiger partial charge in [0.15, 0.2) is 0 Å². The van der Waals surface area contributed by atoms with Crippen LogP contribution < -0.4 is 15.8 Å². The number of hydrogen-bond donors (Lipinski definition) is 2. The summed E-state index contributed by atoms with van der Waals surface area (Å²) in [4.78, 5) is 12.4. The van der Waals surface area contributed by atoms with Crippen molar-refractivity contribution in [3.63, 3.8) is 0 Å². The van der Waals surface area contributed by atoms with Crippen LogP contribution in [0.2, 0.25) is 0 Å². The molecule has 2 aromatic carbocycles. The highest BCUT2D eigenvalue weighted by atomic mass is 127. The summed E-state index contributed by atoms with van der Waals surface area (Å²) in [6.07, 6.45) is 0. The summed E-state index contributed by atoms with van der Waals surface area (Å²) in [6.45, 7) is 0.170. The summed E-state index contributed by atoms with van der Waals surface area (Å²) in [7, 11) is 0. The zero-order valence-corrected chi connectivity index (χ0v) is 14.0. The third kappa shape index (κ3) is 4.98. The van der Waals surface area contributed by atoms with E-state index in [0.29, 0.717) is 17.0 Å². The highest BCUT2D eigenvalue weighted by molar-refractivity contribution is 14.1. The molecule has 2 aromatic rings. The van der Waals surface area contributed by atoms with Crippen LogP contribution in [0.4, 0.5) is 5.69 Å². The van der Waals surface area contributed by atoms with Crippen LogP contribution in [-0.2, 0) is 0 Å². The van der Waals surface area contributed by atoms with Crippen LogP contribution >= 0.6 is 34.8 Å². The summed E-state index contributed by atoms with van der Waals surface area (Å²) in [5, 5.41) is 2.82. The molecule has 0 aliphatic rings. The highest BCUT2D eigenvalue weighted by Gasteiger charge is 2.06. The van der Waals surface area contributed by atoms with E-state index in [2.05, 4.69) is 27.9 Å². The zero-order chi connectivity index (χ0) is 15.2. The van der Waals surface area contributed by atoms with E-state index >= 15 is 0 Å². The highest BCUT2D eigenvalue weighted by Crippen LogP contribution is 2.18. The van der Waals surface area contributed by atoms with Crippen molar-refractivity contribution >= 4 is 51.4 Å². The van der Waals surface area contributed by atoms with E-state index in [1.165, 1.54) is 0 Å². The van der Waals surface area contributed by atoms with E-state index in [1.807, 2.05) is 12.1 Å². The smallest absolute Gasteiger partial charge is 0.255 e. The molecule has 0 fully saturated rings. The molecule has 0 unspecified atom stereocenters. The Morgan fingerprint density at radius 1 is 1.24 bits per heavy atom. The monoisotopic (exact) mass is 412 g/mol. The first-order valence-corrected chi connectivity index (χ1v) is 7.61. The average molecular weight is 412 g/mol. The molecule has 0 spiro atoms. The van der Waals surface area contributed by atoms with Gasteiger partial charge in [-0.3, -0.25) is 4.79 Å². The van der Waals surface area contributed by atoms with Crippen LogP contribution in [-0.4, -0.2) is 17.5 Å². The fraction of sp³-hybridized carbons (Fsp3) is 0.0667. The van der Waals surface area contributed by atoms with Crippen molar-refractivity contribution in [2.75, 3.05) is 11.9 Å². The molecule has 0 bridgehead atoms. The topological polar surface area (TPSA) is 64.3 Å². The van der Waals surface area contributed by atoms with Gasteiger partial charge in [-0.25, -0.2) is 0 Å². The van der Waals surface area contributed by atoms with Gasteiger partial charge in [0.1, 0.15) is 17.3 Å². The normalized spacial score (nSPS) is 9.95. The van der Waals surface area contributed by atoms with Gasteiger partial charge < -0.3 is 15.8 Å². The minimum Gasteiger partial charge on any atom is -0.486 e. The molecule has 0 atom stereocenters. The summed E-state index contributed by atoms with van der Waals surface area (Å²) in [5.41, 5.74) is 6.64. The van der Waals surface area contributed by atoms with Crippen molar-refractivity contribution in [3.05, 3.63) is 57.7 Å². The molecule has 0 saturated carbocycles. The maximum absolute atomic E-state index is 12.1. The number of thiocarbonyl (C=S) groups is 1. The lowest BCUT2D eigenvalue weighted by Crippen LogP contribution is -2.18. The van der Waals surface area contributed by atoms with Crippen molar-refractivity contribution in [1.29, 1.82) is 0 Å². The minimum absolute atomic E-state index is 0.169. The third-order valence-corrected chi connectivity index (χ3v) is 3.42. The van der Waals surface area contributed by atoms with Crippen LogP contribution in [0.15, 0.2) is 48.5 Å². The Bertz CT molecular complexity index is 659. The van der Waals surface area contributed by atoms with Crippen LogP contribution in [0, 0.1) is 3.57 Å². The van der Waals surface area contributed by atoms with E-state index in [-0.39, 0.29) is 17.5 Å². The summed E-state index contributed by atoms with van der Waals surface area (Å²) < 4.78 is 6.47. The lowest BCUT2D eigenvalue weighted by Gasteiger charge is -2.09. The van der Waals surface area contributed by atoms with Crippen LogP contribution in [0.1, 0.15) is 10.4 Å². The van der Waals surface area contributed by atoms with E-state index in [1.54, 1.807) is 36.4 Å². The fourth-order valence-corrected chi connectivity index (χ4v) is 2.04. The predicted molar refractivity (Wildman–Crippen MR) is 95.8 cm³/mol. The Hall–Kier alpha value is -1.67. The molecule has 4 nitrogen and oxygen atoms in total. The van der Waals surface area contributed by atoms with E-state index in [4.69, 9.17) is 22.7 Å². The molecular formula is C15H13IN2O2S. The number of anilines is 1.